The number of rotatable bonds is 3. The first-order chi connectivity index (χ1) is 9.21. The zero-order chi connectivity index (χ0) is 15.1. The van der Waals surface area contributed by atoms with Crippen LogP contribution in [0.15, 0.2) is 6.07 Å². The van der Waals surface area contributed by atoms with E-state index < -0.39 is 9.84 Å². The lowest BCUT2D eigenvalue weighted by Gasteiger charge is -2.27. The third kappa shape index (κ3) is 2.77. The summed E-state index contributed by atoms with van der Waals surface area (Å²) in [6, 6.07) is 1.77. The minimum Gasteiger partial charge on any atom is -0.384 e. The standard InChI is InChI=1S/C13H20N4O2S/c1-8-6-9(2)16-13(11(8)12(14)15)17(3)10-4-5-20(18,19)7-10/h6,10H,4-5,7H2,1-3H3,(H3,14,15). The Bertz CT molecular complexity index is 655. The third-order valence-electron chi connectivity index (χ3n) is 3.69. The molecule has 3 N–H and O–H groups in total. The van der Waals surface area contributed by atoms with E-state index in [0.717, 1.165) is 11.3 Å². The molecule has 1 aromatic heterocycles. The molecule has 1 atom stereocenters. The predicted octanol–water partition coefficient (Wildman–Crippen LogP) is 0.606. The highest BCUT2D eigenvalue weighted by atomic mass is 32.2. The van der Waals surface area contributed by atoms with E-state index in [4.69, 9.17) is 11.1 Å². The van der Waals surface area contributed by atoms with Crippen molar-refractivity contribution in [3.05, 3.63) is 22.9 Å². The van der Waals surface area contributed by atoms with Gasteiger partial charge in [-0.15, -0.1) is 0 Å². The molecule has 1 aliphatic rings. The molecule has 1 unspecified atom stereocenters. The highest BCUT2D eigenvalue weighted by Gasteiger charge is 2.32. The number of hydrogen-bond donors (Lipinski definition) is 2. The number of aromatic nitrogens is 1. The Morgan fingerprint density at radius 1 is 1.50 bits per heavy atom. The van der Waals surface area contributed by atoms with Gasteiger partial charge < -0.3 is 10.6 Å². The van der Waals surface area contributed by atoms with Gasteiger partial charge in [0.15, 0.2) is 9.84 Å². The van der Waals surface area contributed by atoms with Crippen LogP contribution < -0.4 is 10.6 Å². The Labute approximate surface area is 119 Å². The molecule has 110 valence electrons. The maximum absolute atomic E-state index is 11.6. The number of nitrogens with two attached hydrogens (primary N) is 1. The summed E-state index contributed by atoms with van der Waals surface area (Å²) >= 11 is 0. The molecule has 0 bridgehead atoms. The second kappa shape index (κ2) is 5.05. The van der Waals surface area contributed by atoms with Crippen LogP contribution in [-0.2, 0) is 9.84 Å². The lowest BCUT2D eigenvalue weighted by molar-refractivity contribution is 0.600. The van der Waals surface area contributed by atoms with E-state index >= 15 is 0 Å². The van der Waals surface area contributed by atoms with Crippen molar-refractivity contribution < 1.29 is 8.42 Å². The van der Waals surface area contributed by atoms with Crippen molar-refractivity contribution in [3.8, 4) is 0 Å². The molecule has 0 radical (unpaired) electrons. The molecule has 1 aromatic rings. The maximum atomic E-state index is 11.6. The van der Waals surface area contributed by atoms with Crippen molar-refractivity contribution in [2.75, 3.05) is 23.5 Å². The fourth-order valence-electron chi connectivity index (χ4n) is 2.66. The molecule has 2 rings (SSSR count). The monoisotopic (exact) mass is 296 g/mol. The Morgan fingerprint density at radius 2 is 2.15 bits per heavy atom. The first-order valence-corrected chi connectivity index (χ1v) is 8.29. The predicted molar refractivity (Wildman–Crippen MR) is 80.2 cm³/mol. The van der Waals surface area contributed by atoms with Crippen molar-refractivity contribution in [1.29, 1.82) is 5.41 Å². The molecule has 0 saturated carbocycles. The largest absolute Gasteiger partial charge is 0.384 e. The van der Waals surface area contributed by atoms with E-state index in [1.165, 1.54) is 0 Å². The van der Waals surface area contributed by atoms with Gasteiger partial charge in [-0.1, -0.05) is 0 Å². The molecule has 6 nitrogen and oxygen atoms in total. The molecule has 0 aromatic carbocycles. The maximum Gasteiger partial charge on any atom is 0.152 e. The molecule has 2 heterocycles. The quantitative estimate of drug-likeness (QED) is 0.628. The van der Waals surface area contributed by atoms with Crippen LogP contribution in [0.2, 0.25) is 0 Å². The summed E-state index contributed by atoms with van der Waals surface area (Å²) in [7, 11) is -1.14. The average Bonchev–Trinajstić information content (AvgIpc) is 2.67. The SMILES string of the molecule is Cc1cc(C)c(C(=N)N)c(N(C)C2CCS(=O)(=O)C2)n1. The zero-order valence-electron chi connectivity index (χ0n) is 12.0. The van der Waals surface area contributed by atoms with Crippen molar-refractivity contribution >= 4 is 21.5 Å². The Morgan fingerprint density at radius 3 is 2.65 bits per heavy atom. The zero-order valence-corrected chi connectivity index (χ0v) is 12.8. The first kappa shape index (κ1) is 14.8. The number of amidine groups is 1. The molecular weight excluding hydrogens is 276 g/mol. The number of hydrogen-bond acceptors (Lipinski definition) is 5. The van der Waals surface area contributed by atoms with Gasteiger partial charge in [0.2, 0.25) is 0 Å². The van der Waals surface area contributed by atoms with Gasteiger partial charge in [-0.3, -0.25) is 5.41 Å². The minimum absolute atomic E-state index is 0.0438. The van der Waals surface area contributed by atoms with Gasteiger partial charge in [0, 0.05) is 18.8 Å². The normalized spacial score (nSPS) is 20.9. The van der Waals surface area contributed by atoms with E-state index in [2.05, 4.69) is 4.98 Å². The molecule has 1 saturated heterocycles. The van der Waals surface area contributed by atoms with Crippen LogP contribution >= 0.6 is 0 Å². The van der Waals surface area contributed by atoms with Crippen molar-refractivity contribution in [2.24, 2.45) is 5.73 Å². The van der Waals surface area contributed by atoms with Crippen LogP contribution in [0.3, 0.4) is 0 Å². The van der Waals surface area contributed by atoms with E-state index in [-0.39, 0.29) is 23.4 Å². The van der Waals surface area contributed by atoms with Gasteiger partial charge in [0.25, 0.3) is 0 Å². The number of sulfone groups is 1. The summed E-state index contributed by atoms with van der Waals surface area (Å²) in [5, 5.41) is 7.72. The highest BCUT2D eigenvalue weighted by Crippen LogP contribution is 2.26. The fourth-order valence-corrected chi connectivity index (χ4v) is 4.43. The highest BCUT2D eigenvalue weighted by molar-refractivity contribution is 7.91. The topological polar surface area (TPSA) is 100 Å². The first-order valence-electron chi connectivity index (χ1n) is 6.47. The Kier molecular flexibility index (Phi) is 3.73. The van der Waals surface area contributed by atoms with Crippen molar-refractivity contribution in [1.82, 2.24) is 4.98 Å². The lowest BCUT2D eigenvalue weighted by Crippen LogP contribution is -2.35. The second-order valence-corrected chi connectivity index (χ2v) is 7.59. The molecule has 0 aliphatic carbocycles. The third-order valence-corrected chi connectivity index (χ3v) is 5.44. The molecule has 0 spiro atoms. The molecular formula is C13H20N4O2S. The van der Waals surface area contributed by atoms with Gasteiger partial charge >= 0.3 is 0 Å². The number of nitrogens with zero attached hydrogens (tertiary/aromatic N) is 2. The van der Waals surface area contributed by atoms with Crippen LogP contribution in [0.1, 0.15) is 23.2 Å². The molecule has 7 heteroatoms. The lowest BCUT2D eigenvalue weighted by atomic mass is 10.1. The van der Waals surface area contributed by atoms with Crippen LogP contribution in [0.5, 0.6) is 0 Å². The van der Waals surface area contributed by atoms with Gasteiger partial charge in [-0.25, -0.2) is 13.4 Å². The summed E-state index contributed by atoms with van der Waals surface area (Å²) < 4.78 is 23.2. The number of nitrogens with one attached hydrogen (secondary N) is 1. The van der Waals surface area contributed by atoms with E-state index in [0.29, 0.717) is 17.8 Å². The van der Waals surface area contributed by atoms with Crippen LogP contribution in [0.25, 0.3) is 0 Å². The number of nitrogen functional groups attached to an aromatic ring is 1. The number of pyridine rings is 1. The average molecular weight is 296 g/mol. The Balaban J connectivity index is 2.44. The van der Waals surface area contributed by atoms with Crippen molar-refractivity contribution in [3.63, 3.8) is 0 Å². The van der Waals surface area contributed by atoms with E-state index in [1.54, 1.807) is 0 Å². The van der Waals surface area contributed by atoms with Crippen LogP contribution in [0.4, 0.5) is 5.82 Å². The smallest absolute Gasteiger partial charge is 0.152 e. The van der Waals surface area contributed by atoms with Crippen LogP contribution in [0, 0.1) is 19.3 Å². The summed E-state index contributed by atoms with van der Waals surface area (Å²) in [5.74, 6) is 0.896. The fraction of sp³-hybridized carbons (Fsp3) is 0.538. The molecule has 0 amide bonds. The van der Waals surface area contributed by atoms with Crippen LogP contribution in [-0.4, -0.2) is 43.8 Å². The van der Waals surface area contributed by atoms with Gasteiger partial charge in [-0.05, 0) is 31.9 Å². The second-order valence-electron chi connectivity index (χ2n) is 5.36. The number of anilines is 1. The molecule has 1 aliphatic heterocycles. The molecule has 1 fully saturated rings. The van der Waals surface area contributed by atoms with E-state index in [1.807, 2.05) is 31.9 Å². The van der Waals surface area contributed by atoms with Gasteiger partial charge in [0.1, 0.15) is 11.7 Å². The van der Waals surface area contributed by atoms with Gasteiger partial charge in [-0.2, -0.15) is 0 Å². The van der Waals surface area contributed by atoms with E-state index in [9.17, 15) is 8.42 Å². The number of aryl methyl sites for hydroxylation is 2. The summed E-state index contributed by atoms with van der Waals surface area (Å²) in [6.45, 7) is 3.76. The molecule has 20 heavy (non-hydrogen) atoms. The Hall–Kier alpha value is -1.63. The minimum atomic E-state index is -2.96. The van der Waals surface area contributed by atoms with Crippen molar-refractivity contribution in [2.45, 2.75) is 26.3 Å². The summed E-state index contributed by atoms with van der Waals surface area (Å²) in [6.07, 6.45) is 0.588. The summed E-state index contributed by atoms with van der Waals surface area (Å²) in [5.41, 5.74) is 7.95. The van der Waals surface area contributed by atoms with Gasteiger partial charge in [0.05, 0.1) is 17.1 Å². The summed E-state index contributed by atoms with van der Waals surface area (Å²) in [4.78, 5) is 6.31.